The van der Waals surface area contributed by atoms with Crippen molar-refractivity contribution in [2.45, 2.75) is 51.0 Å². The molecule has 10 heteroatoms. The van der Waals surface area contributed by atoms with Crippen LogP contribution in [0.25, 0.3) is 10.9 Å². The number of fused-ring (bicyclic) bond motifs is 1. The molecule has 0 bridgehead atoms. The largest absolute Gasteiger partial charge is 0.459 e. The molecule has 0 radical (unpaired) electrons. The van der Waals surface area contributed by atoms with E-state index in [4.69, 9.17) is 16.3 Å². The molecule has 1 aliphatic rings. The molecule has 0 aliphatic carbocycles. The van der Waals surface area contributed by atoms with E-state index < -0.39 is 28.1 Å². The number of anilines is 1. The summed E-state index contributed by atoms with van der Waals surface area (Å²) in [6.45, 7) is 7.85. The van der Waals surface area contributed by atoms with Crippen LogP contribution in [0.4, 0.5) is 5.69 Å². The number of ether oxygens (including phenoxy) is 1. The van der Waals surface area contributed by atoms with Gasteiger partial charge in [-0.15, -0.1) is 0 Å². The first-order chi connectivity index (χ1) is 17.3. The molecule has 1 saturated heterocycles. The predicted molar refractivity (Wildman–Crippen MR) is 145 cm³/mol. The first-order valence-electron chi connectivity index (χ1n) is 12.2. The van der Waals surface area contributed by atoms with E-state index in [1.54, 1.807) is 69.8 Å². The van der Waals surface area contributed by atoms with Crippen molar-refractivity contribution < 1.29 is 22.7 Å². The average molecular weight is 546 g/mol. The summed E-state index contributed by atoms with van der Waals surface area (Å²) in [6.07, 6.45) is 3.74. The fraction of sp³-hybridized carbons (Fsp3) is 0.407. The quantitative estimate of drug-likeness (QED) is 0.410. The van der Waals surface area contributed by atoms with E-state index in [1.807, 2.05) is 4.90 Å². The van der Waals surface area contributed by atoms with Crippen LogP contribution in [0.5, 0.6) is 0 Å². The number of nitrogens with zero attached hydrogens (tertiary/aromatic N) is 3. The summed E-state index contributed by atoms with van der Waals surface area (Å²) in [5, 5.41) is 0.995. The van der Waals surface area contributed by atoms with Crippen LogP contribution >= 0.6 is 11.6 Å². The van der Waals surface area contributed by atoms with Crippen LogP contribution in [0.1, 0.15) is 49.5 Å². The third-order valence-electron chi connectivity index (χ3n) is 6.18. The van der Waals surface area contributed by atoms with Crippen molar-refractivity contribution in [2.75, 3.05) is 23.9 Å². The van der Waals surface area contributed by atoms with Crippen molar-refractivity contribution >= 4 is 50.1 Å². The minimum atomic E-state index is -4.19. The molecule has 0 spiro atoms. The minimum Gasteiger partial charge on any atom is -0.459 e. The Morgan fingerprint density at radius 2 is 1.76 bits per heavy atom. The number of amides is 1. The molecule has 198 valence electrons. The Morgan fingerprint density at radius 3 is 2.38 bits per heavy atom. The van der Waals surface area contributed by atoms with Gasteiger partial charge in [-0.25, -0.2) is 8.42 Å². The Labute approximate surface area is 222 Å². The monoisotopic (exact) mass is 545 g/mol. The maximum absolute atomic E-state index is 13.8. The van der Waals surface area contributed by atoms with Crippen LogP contribution in [0.2, 0.25) is 5.02 Å². The third-order valence-corrected chi connectivity index (χ3v) is 8.15. The highest BCUT2D eigenvalue weighted by atomic mass is 35.5. The minimum absolute atomic E-state index is 0.0297. The van der Waals surface area contributed by atoms with E-state index >= 15 is 0 Å². The van der Waals surface area contributed by atoms with Crippen LogP contribution in [0.15, 0.2) is 47.5 Å². The zero-order valence-corrected chi connectivity index (χ0v) is 23.3. The van der Waals surface area contributed by atoms with Gasteiger partial charge in [0.15, 0.2) is 0 Å². The number of carbonyl (C=O) groups is 2. The molecule has 0 unspecified atom stereocenters. The van der Waals surface area contributed by atoms with E-state index in [-0.39, 0.29) is 21.5 Å². The second-order valence-electron chi connectivity index (χ2n) is 10.4. The molecule has 2 heterocycles. The molecule has 0 N–H and O–H groups in total. The van der Waals surface area contributed by atoms with E-state index in [2.05, 4.69) is 0 Å². The Hall–Kier alpha value is -3.04. The molecule has 3 aromatic rings. The SMILES string of the molecule is Cc1cc(Cl)cc(S(=O)(=O)N(CC(=O)OC(C)(C)C)c2ccc3c(C(=O)N4CCCC4)cn(C)c3c2)c1. The maximum Gasteiger partial charge on any atom is 0.327 e. The molecule has 1 aromatic heterocycles. The summed E-state index contributed by atoms with van der Waals surface area (Å²) in [6, 6.07) is 9.55. The molecule has 0 atom stereocenters. The highest BCUT2D eigenvalue weighted by Gasteiger charge is 2.31. The number of hydrogen-bond acceptors (Lipinski definition) is 5. The fourth-order valence-corrected chi connectivity index (χ4v) is 6.46. The Kier molecular flexibility index (Phi) is 7.32. The van der Waals surface area contributed by atoms with Crippen LogP contribution in [-0.2, 0) is 26.6 Å². The second kappa shape index (κ2) is 10.0. The van der Waals surface area contributed by atoms with Crippen molar-refractivity contribution in [1.29, 1.82) is 0 Å². The lowest BCUT2D eigenvalue weighted by Crippen LogP contribution is -2.39. The molecular weight excluding hydrogens is 514 g/mol. The van der Waals surface area contributed by atoms with Gasteiger partial charge < -0.3 is 14.2 Å². The summed E-state index contributed by atoms with van der Waals surface area (Å²) < 4.78 is 35.9. The van der Waals surface area contributed by atoms with Crippen LogP contribution in [-0.4, -0.2) is 55.0 Å². The Balaban J connectivity index is 1.80. The highest BCUT2D eigenvalue weighted by Crippen LogP contribution is 2.32. The summed E-state index contributed by atoms with van der Waals surface area (Å²) >= 11 is 6.17. The van der Waals surface area contributed by atoms with E-state index in [0.717, 1.165) is 35.6 Å². The lowest BCUT2D eigenvalue weighted by atomic mass is 10.1. The highest BCUT2D eigenvalue weighted by molar-refractivity contribution is 7.92. The first kappa shape index (κ1) is 27.0. The van der Waals surface area contributed by atoms with Gasteiger partial charge in [-0.2, -0.15) is 0 Å². The van der Waals surface area contributed by atoms with Crippen molar-refractivity contribution in [3.8, 4) is 0 Å². The smallest absolute Gasteiger partial charge is 0.327 e. The third kappa shape index (κ3) is 5.78. The zero-order valence-electron chi connectivity index (χ0n) is 21.7. The molecule has 2 aromatic carbocycles. The normalized spacial score (nSPS) is 14.3. The summed E-state index contributed by atoms with van der Waals surface area (Å²) in [5.74, 6) is -0.727. The summed E-state index contributed by atoms with van der Waals surface area (Å²) in [5.41, 5.74) is 1.40. The summed E-state index contributed by atoms with van der Waals surface area (Å²) in [7, 11) is -2.38. The standard InChI is InChI=1S/C27H32ClN3O5S/c1-18-12-19(28)14-21(13-18)37(34,35)31(17-25(32)36-27(2,3)4)20-8-9-22-23(16-29(5)24(22)15-20)26(33)30-10-6-7-11-30/h8-9,12-16H,6-7,10-11,17H2,1-5H3. The molecule has 0 saturated carbocycles. The number of sulfonamides is 1. The van der Waals surface area contributed by atoms with Gasteiger partial charge in [-0.05, 0) is 82.5 Å². The van der Waals surface area contributed by atoms with Gasteiger partial charge in [-0.3, -0.25) is 13.9 Å². The first-order valence-corrected chi connectivity index (χ1v) is 14.0. The molecular formula is C27H32ClN3O5S. The van der Waals surface area contributed by atoms with E-state index in [9.17, 15) is 18.0 Å². The number of likely N-dealkylation sites (tertiary alicyclic amines) is 1. The van der Waals surface area contributed by atoms with Gasteiger partial charge >= 0.3 is 5.97 Å². The lowest BCUT2D eigenvalue weighted by Gasteiger charge is -2.26. The molecule has 4 rings (SSSR count). The fourth-order valence-electron chi connectivity index (χ4n) is 4.57. The number of aryl methyl sites for hydroxylation is 2. The van der Waals surface area contributed by atoms with E-state index in [0.29, 0.717) is 16.6 Å². The van der Waals surface area contributed by atoms with Gasteiger partial charge in [0.25, 0.3) is 15.9 Å². The number of hydrogen-bond donors (Lipinski definition) is 0. The van der Waals surface area contributed by atoms with Crippen LogP contribution in [0.3, 0.4) is 0 Å². The van der Waals surface area contributed by atoms with Crippen molar-refractivity contribution in [3.63, 3.8) is 0 Å². The van der Waals surface area contributed by atoms with E-state index in [1.165, 1.54) is 12.1 Å². The molecule has 1 fully saturated rings. The van der Waals surface area contributed by atoms with Crippen LogP contribution in [0, 0.1) is 6.92 Å². The predicted octanol–water partition coefficient (Wildman–Crippen LogP) is 4.91. The average Bonchev–Trinajstić information content (AvgIpc) is 3.43. The zero-order chi connectivity index (χ0) is 27.1. The van der Waals surface area contributed by atoms with Gasteiger partial charge in [0, 0.05) is 36.7 Å². The number of halogens is 1. The summed E-state index contributed by atoms with van der Waals surface area (Å²) in [4.78, 5) is 27.7. The van der Waals surface area contributed by atoms with Gasteiger partial charge in [-0.1, -0.05) is 11.6 Å². The van der Waals surface area contributed by atoms with Crippen molar-refractivity contribution in [3.05, 3.63) is 58.7 Å². The Bertz CT molecular complexity index is 1450. The number of aromatic nitrogens is 1. The van der Waals surface area contributed by atoms with Crippen LogP contribution < -0.4 is 4.31 Å². The molecule has 37 heavy (non-hydrogen) atoms. The van der Waals surface area contributed by atoms with Gasteiger partial charge in [0.1, 0.15) is 12.1 Å². The number of rotatable bonds is 6. The molecule has 1 aliphatic heterocycles. The number of benzene rings is 2. The number of esters is 1. The van der Waals surface area contributed by atoms with Gasteiger partial charge in [0.05, 0.1) is 21.7 Å². The second-order valence-corrected chi connectivity index (χ2v) is 12.7. The van der Waals surface area contributed by atoms with Crippen molar-refractivity contribution in [1.82, 2.24) is 9.47 Å². The van der Waals surface area contributed by atoms with Crippen molar-refractivity contribution in [2.24, 2.45) is 7.05 Å². The maximum atomic E-state index is 13.8. The molecule has 8 nitrogen and oxygen atoms in total. The molecule has 1 amide bonds. The van der Waals surface area contributed by atoms with Gasteiger partial charge in [0.2, 0.25) is 0 Å². The Morgan fingerprint density at radius 1 is 1.08 bits per heavy atom. The topological polar surface area (TPSA) is 88.9 Å². The number of carbonyl (C=O) groups excluding carboxylic acids is 2. The lowest BCUT2D eigenvalue weighted by molar-refractivity contribution is -0.152.